The Morgan fingerprint density at radius 1 is 0.277 bits per heavy atom. The number of nitrogens with zero attached hydrogens (tertiary/aromatic N) is 2. The largest absolute Gasteiger partial charge is 0.228 e. The second-order valence-electron chi connectivity index (χ2n) is 17.1. The molecule has 11 aromatic carbocycles. The molecule has 1 aromatic heterocycles. The first kappa shape index (κ1) is 37.1. The van der Waals surface area contributed by atoms with Crippen LogP contribution < -0.4 is 0 Å². The topological polar surface area (TPSA) is 25.8 Å². The van der Waals surface area contributed by atoms with Crippen molar-refractivity contribution in [3.8, 4) is 56.2 Å². The molecule has 0 fully saturated rings. The maximum atomic E-state index is 5.47. The zero-order valence-electron chi connectivity index (χ0n) is 35.5. The summed E-state index contributed by atoms with van der Waals surface area (Å²) in [4.78, 5) is 10.9. The molecule has 0 spiro atoms. The van der Waals surface area contributed by atoms with Crippen LogP contribution in [0.4, 0.5) is 0 Å². The van der Waals surface area contributed by atoms with Gasteiger partial charge in [0.1, 0.15) is 0 Å². The fourth-order valence-electron chi connectivity index (χ4n) is 11.0. The third-order valence-corrected chi connectivity index (χ3v) is 13.8. The number of fused-ring (bicyclic) bond motifs is 8. The standard InChI is InChI=1S/C63H40N2/c1-4-20-42(21-5-1)62-64-58(40-59(65-62)54-32-18-34-57-61(54)53-31-16-17-33-56(53)63(57,44-23-6-2-7-24-44)45-25-8-3-9-26-45)50-37-38-51(49-30-15-14-29-48(49)50)60-47-28-13-11-22-43(47)39-55-46-27-12-10-19-41(46)35-36-52(55)60/h1-40H. The summed E-state index contributed by atoms with van der Waals surface area (Å²) in [6.07, 6.45) is 0. The van der Waals surface area contributed by atoms with Gasteiger partial charge in [-0.05, 0) is 99.7 Å². The maximum Gasteiger partial charge on any atom is 0.160 e. The summed E-state index contributed by atoms with van der Waals surface area (Å²) in [7, 11) is 0. The lowest BCUT2D eigenvalue weighted by Gasteiger charge is -2.33. The fraction of sp³-hybridized carbons (Fsp3) is 0.0159. The minimum absolute atomic E-state index is 0.521. The average Bonchev–Trinajstić information content (AvgIpc) is 3.69. The van der Waals surface area contributed by atoms with Crippen LogP contribution in [0.5, 0.6) is 0 Å². The maximum absolute atomic E-state index is 5.47. The molecule has 1 aliphatic rings. The summed E-state index contributed by atoms with van der Waals surface area (Å²) in [5.41, 5.74) is 14.2. The van der Waals surface area contributed by atoms with Crippen LogP contribution in [0.1, 0.15) is 22.3 Å². The van der Waals surface area contributed by atoms with Gasteiger partial charge < -0.3 is 0 Å². The molecular formula is C63H40N2. The van der Waals surface area contributed by atoms with E-state index in [1.54, 1.807) is 0 Å². The predicted octanol–water partition coefficient (Wildman–Crippen LogP) is 16.1. The van der Waals surface area contributed by atoms with E-state index in [2.05, 4.69) is 237 Å². The molecule has 0 radical (unpaired) electrons. The second kappa shape index (κ2) is 14.8. The summed E-state index contributed by atoms with van der Waals surface area (Å²) in [5.74, 6) is 0.694. The van der Waals surface area contributed by atoms with Crippen LogP contribution in [-0.2, 0) is 5.41 Å². The molecule has 12 aromatic rings. The van der Waals surface area contributed by atoms with Gasteiger partial charge in [0.15, 0.2) is 5.82 Å². The fourth-order valence-corrected chi connectivity index (χ4v) is 11.0. The van der Waals surface area contributed by atoms with Crippen LogP contribution in [0, 0.1) is 0 Å². The Hall–Kier alpha value is -8.46. The lowest BCUT2D eigenvalue weighted by Crippen LogP contribution is -2.28. The van der Waals surface area contributed by atoms with Gasteiger partial charge >= 0.3 is 0 Å². The molecule has 0 amide bonds. The second-order valence-corrected chi connectivity index (χ2v) is 17.1. The van der Waals surface area contributed by atoms with Crippen LogP contribution in [0.25, 0.3) is 99.2 Å². The molecule has 0 bridgehead atoms. The van der Waals surface area contributed by atoms with E-state index in [-0.39, 0.29) is 0 Å². The number of benzene rings is 11. The Morgan fingerprint density at radius 3 is 1.55 bits per heavy atom. The highest BCUT2D eigenvalue weighted by Crippen LogP contribution is 2.58. The van der Waals surface area contributed by atoms with Crippen LogP contribution in [0.3, 0.4) is 0 Å². The molecule has 13 rings (SSSR count). The predicted molar refractivity (Wildman–Crippen MR) is 271 cm³/mol. The number of aromatic nitrogens is 2. The monoisotopic (exact) mass is 824 g/mol. The molecule has 2 heteroatoms. The highest BCUT2D eigenvalue weighted by atomic mass is 14.9. The SMILES string of the molecule is c1ccc(-c2nc(-c3cccc4c3-c3ccccc3C4(c3ccccc3)c3ccccc3)cc(-c3ccc(-c4c5ccccc5cc5c4ccc4ccccc45)c4ccccc34)n2)cc1. The summed E-state index contributed by atoms with van der Waals surface area (Å²) in [5, 5.41) is 9.81. The number of rotatable bonds is 6. The smallest absolute Gasteiger partial charge is 0.160 e. The highest BCUT2D eigenvalue weighted by Gasteiger charge is 2.46. The lowest BCUT2D eigenvalue weighted by molar-refractivity contribution is 0.768. The van der Waals surface area contributed by atoms with Crippen LogP contribution in [-0.4, -0.2) is 9.97 Å². The van der Waals surface area contributed by atoms with Crippen molar-refractivity contribution in [3.05, 3.63) is 265 Å². The Morgan fingerprint density at radius 2 is 0.815 bits per heavy atom. The van der Waals surface area contributed by atoms with E-state index in [9.17, 15) is 0 Å². The zero-order valence-corrected chi connectivity index (χ0v) is 35.5. The summed E-state index contributed by atoms with van der Waals surface area (Å²) >= 11 is 0. The van der Waals surface area contributed by atoms with Crippen molar-refractivity contribution < 1.29 is 0 Å². The first-order chi connectivity index (χ1) is 32.3. The normalized spacial score (nSPS) is 12.7. The lowest BCUT2D eigenvalue weighted by atomic mass is 9.67. The Bertz CT molecular complexity index is 3780. The van der Waals surface area contributed by atoms with Gasteiger partial charge in [-0.15, -0.1) is 0 Å². The molecule has 65 heavy (non-hydrogen) atoms. The van der Waals surface area contributed by atoms with Crippen LogP contribution >= 0.6 is 0 Å². The third kappa shape index (κ3) is 5.67. The van der Waals surface area contributed by atoms with Gasteiger partial charge in [0.25, 0.3) is 0 Å². The quantitative estimate of drug-likeness (QED) is 0.123. The van der Waals surface area contributed by atoms with Gasteiger partial charge in [-0.1, -0.05) is 231 Å². The molecule has 0 unspecified atom stereocenters. The first-order valence-electron chi connectivity index (χ1n) is 22.4. The third-order valence-electron chi connectivity index (χ3n) is 13.8. The van der Waals surface area contributed by atoms with Crippen molar-refractivity contribution in [2.24, 2.45) is 0 Å². The van der Waals surface area contributed by atoms with Gasteiger partial charge in [-0.25, -0.2) is 9.97 Å². The van der Waals surface area contributed by atoms with E-state index >= 15 is 0 Å². The molecule has 0 aliphatic heterocycles. The molecule has 1 heterocycles. The van der Waals surface area contributed by atoms with Crippen LogP contribution in [0.2, 0.25) is 0 Å². The first-order valence-corrected chi connectivity index (χ1v) is 22.4. The van der Waals surface area contributed by atoms with E-state index < -0.39 is 5.41 Å². The van der Waals surface area contributed by atoms with E-state index in [0.717, 1.165) is 33.5 Å². The summed E-state index contributed by atoms with van der Waals surface area (Å²) < 4.78 is 0. The molecule has 1 aliphatic carbocycles. The van der Waals surface area contributed by atoms with E-state index in [1.165, 1.54) is 82.2 Å². The molecule has 2 nitrogen and oxygen atoms in total. The Balaban J connectivity index is 1.07. The summed E-state index contributed by atoms with van der Waals surface area (Å²) in [6, 6.07) is 88.3. The molecule has 0 saturated carbocycles. The van der Waals surface area contributed by atoms with Crippen molar-refractivity contribution in [2.75, 3.05) is 0 Å². The zero-order chi connectivity index (χ0) is 42.9. The molecule has 302 valence electrons. The Labute approximate surface area is 377 Å². The minimum atomic E-state index is -0.521. The average molecular weight is 825 g/mol. The van der Waals surface area contributed by atoms with Crippen molar-refractivity contribution in [3.63, 3.8) is 0 Å². The van der Waals surface area contributed by atoms with Gasteiger partial charge in [-0.3, -0.25) is 0 Å². The van der Waals surface area contributed by atoms with Gasteiger partial charge in [0, 0.05) is 16.7 Å². The number of hydrogen-bond donors (Lipinski definition) is 0. The highest BCUT2D eigenvalue weighted by molar-refractivity contribution is 6.23. The van der Waals surface area contributed by atoms with Crippen molar-refractivity contribution in [1.82, 2.24) is 9.97 Å². The van der Waals surface area contributed by atoms with Crippen LogP contribution in [0.15, 0.2) is 243 Å². The summed E-state index contributed by atoms with van der Waals surface area (Å²) in [6.45, 7) is 0. The molecule has 0 saturated heterocycles. The molecular weight excluding hydrogens is 785 g/mol. The van der Waals surface area contributed by atoms with Crippen molar-refractivity contribution in [2.45, 2.75) is 5.41 Å². The van der Waals surface area contributed by atoms with Crippen molar-refractivity contribution in [1.29, 1.82) is 0 Å². The molecule has 0 atom stereocenters. The molecule has 0 N–H and O–H groups in total. The van der Waals surface area contributed by atoms with Gasteiger partial charge in [0.05, 0.1) is 16.8 Å². The van der Waals surface area contributed by atoms with Crippen molar-refractivity contribution >= 4 is 43.1 Å². The minimum Gasteiger partial charge on any atom is -0.228 e. The van der Waals surface area contributed by atoms with Gasteiger partial charge in [-0.2, -0.15) is 0 Å². The van der Waals surface area contributed by atoms with E-state index in [1.807, 2.05) is 6.07 Å². The van der Waals surface area contributed by atoms with Gasteiger partial charge in [0.2, 0.25) is 0 Å². The number of hydrogen-bond acceptors (Lipinski definition) is 2. The Kier molecular flexibility index (Phi) is 8.47. The van der Waals surface area contributed by atoms with E-state index in [4.69, 9.17) is 9.97 Å². The van der Waals surface area contributed by atoms with E-state index in [0.29, 0.717) is 5.82 Å².